The van der Waals surface area contributed by atoms with Crippen molar-refractivity contribution in [1.29, 1.82) is 0 Å². The van der Waals surface area contributed by atoms with E-state index in [1.807, 2.05) is 36.4 Å². The van der Waals surface area contributed by atoms with Crippen LogP contribution >= 0.6 is 0 Å². The number of methoxy groups -OCH3 is 1. The first-order valence-electron chi connectivity index (χ1n) is 8.97. The third-order valence-electron chi connectivity index (χ3n) is 4.90. The van der Waals surface area contributed by atoms with E-state index in [-0.39, 0.29) is 6.04 Å². The molecule has 0 aliphatic carbocycles. The van der Waals surface area contributed by atoms with E-state index in [2.05, 4.69) is 34.1 Å². The smallest absolute Gasteiger partial charge is 0.336 e. The maximum atomic E-state index is 12.0. The van der Waals surface area contributed by atoms with Crippen LogP contribution < -0.4 is 0 Å². The molecule has 1 aliphatic rings. The van der Waals surface area contributed by atoms with Crippen molar-refractivity contribution in [2.75, 3.05) is 26.7 Å². The molecule has 0 radical (unpaired) electrons. The molecule has 26 heavy (non-hydrogen) atoms. The Kier molecular flexibility index (Phi) is 6.39. The summed E-state index contributed by atoms with van der Waals surface area (Å²) in [6, 6.07) is 20.1. The van der Waals surface area contributed by atoms with Gasteiger partial charge in [-0.15, -0.1) is 0 Å². The zero-order valence-electron chi connectivity index (χ0n) is 15.1. The molecule has 2 atom stereocenters. The number of ether oxygens (including phenoxy) is 1. The molecule has 0 aromatic heterocycles. The van der Waals surface area contributed by atoms with Gasteiger partial charge in [-0.2, -0.15) is 0 Å². The maximum absolute atomic E-state index is 12.0. The predicted octanol–water partition coefficient (Wildman–Crippen LogP) is 1.91. The van der Waals surface area contributed by atoms with Crippen LogP contribution in [0, 0.1) is 0 Å². The van der Waals surface area contributed by atoms with Crippen LogP contribution in [-0.4, -0.2) is 59.8 Å². The van der Waals surface area contributed by atoms with Crippen molar-refractivity contribution in [2.45, 2.75) is 25.2 Å². The number of rotatable bonds is 6. The fourth-order valence-corrected chi connectivity index (χ4v) is 3.48. The lowest BCUT2D eigenvalue weighted by Gasteiger charge is -2.42. The number of hydrogen-bond acceptors (Lipinski definition) is 5. The number of esters is 1. The molecule has 1 aliphatic heterocycles. The van der Waals surface area contributed by atoms with Gasteiger partial charge < -0.3 is 9.84 Å². The van der Waals surface area contributed by atoms with E-state index < -0.39 is 12.1 Å². The Morgan fingerprint density at radius 3 is 2.19 bits per heavy atom. The third-order valence-corrected chi connectivity index (χ3v) is 4.90. The van der Waals surface area contributed by atoms with Crippen molar-refractivity contribution in [3.8, 4) is 0 Å². The largest absolute Gasteiger partial charge is 0.467 e. The normalized spacial score (nSPS) is 19.8. The molecule has 1 saturated heterocycles. The van der Waals surface area contributed by atoms with Crippen molar-refractivity contribution in [2.24, 2.45) is 0 Å². The van der Waals surface area contributed by atoms with Crippen LogP contribution in [0.4, 0.5) is 0 Å². The highest BCUT2D eigenvalue weighted by atomic mass is 16.5. The Balaban J connectivity index is 1.72. The summed E-state index contributed by atoms with van der Waals surface area (Å²) < 4.78 is 4.78. The second-order valence-corrected chi connectivity index (χ2v) is 6.71. The van der Waals surface area contributed by atoms with Crippen LogP contribution in [0.2, 0.25) is 0 Å². The number of carbonyl (C=O) groups excluding carboxylic acids is 1. The summed E-state index contributed by atoms with van der Waals surface area (Å²) >= 11 is 0. The number of piperazine rings is 1. The molecule has 2 aromatic rings. The van der Waals surface area contributed by atoms with E-state index in [1.165, 1.54) is 18.2 Å². The SMILES string of the molecule is COC(=O)C(O)C1CN(Cc2ccccc2)CCN1Cc1ccccc1. The van der Waals surface area contributed by atoms with Crippen molar-refractivity contribution in [3.05, 3.63) is 71.8 Å². The topological polar surface area (TPSA) is 53.0 Å². The van der Waals surface area contributed by atoms with Gasteiger partial charge in [0.15, 0.2) is 6.10 Å². The van der Waals surface area contributed by atoms with E-state index in [1.54, 1.807) is 0 Å². The Bertz CT molecular complexity index is 693. The first-order chi connectivity index (χ1) is 12.7. The highest BCUT2D eigenvalue weighted by molar-refractivity contribution is 5.75. The fourth-order valence-electron chi connectivity index (χ4n) is 3.48. The van der Waals surface area contributed by atoms with Gasteiger partial charge in [-0.05, 0) is 11.1 Å². The van der Waals surface area contributed by atoms with Crippen molar-refractivity contribution >= 4 is 5.97 Å². The minimum Gasteiger partial charge on any atom is -0.467 e. The Labute approximate surface area is 154 Å². The van der Waals surface area contributed by atoms with Crippen LogP contribution in [0.3, 0.4) is 0 Å². The first kappa shape index (κ1) is 18.6. The number of carbonyl (C=O) groups is 1. The highest BCUT2D eigenvalue weighted by Gasteiger charge is 2.36. The minimum absolute atomic E-state index is 0.292. The lowest BCUT2D eigenvalue weighted by molar-refractivity contribution is -0.156. The molecule has 1 fully saturated rings. The van der Waals surface area contributed by atoms with Gasteiger partial charge in [0.05, 0.1) is 13.2 Å². The lowest BCUT2D eigenvalue weighted by Crippen LogP contribution is -2.58. The summed E-state index contributed by atoms with van der Waals surface area (Å²) in [5, 5.41) is 10.5. The number of aliphatic hydroxyl groups is 1. The summed E-state index contributed by atoms with van der Waals surface area (Å²) in [5.74, 6) is -0.574. The number of aliphatic hydroxyl groups excluding tert-OH is 1. The molecule has 0 spiro atoms. The molecular weight excluding hydrogens is 328 g/mol. The monoisotopic (exact) mass is 354 g/mol. The van der Waals surface area contributed by atoms with Crippen LogP contribution in [0.1, 0.15) is 11.1 Å². The van der Waals surface area contributed by atoms with Gasteiger partial charge in [-0.1, -0.05) is 60.7 Å². The Hall–Kier alpha value is -2.21. The van der Waals surface area contributed by atoms with E-state index in [0.717, 1.165) is 19.6 Å². The summed E-state index contributed by atoms with van der Waals surface area (Å²) in [4.78, 5) is 16.4. The van der Waals surface area contributed by atoms with Crippen molar-refractivity contribution in [1.82, 2.24) is 9.80 Å². The second-order valence-electron chi connectivity index (χ2n) is 6.71. The first-order valence-corrected chi connectivity index (χ1v) is 8.97. The van der Waals surface area contributed by atoms with Gasteiger partial charge in [0, 0.05) is 32.7 Å². The van der Waals surface area contributed by atoms with Crippen molar-refractivity contribution < 1.29 is 14.6 Å². The van der Waals surface area contributed by atoms with Gasteiger partial charge in [-0.25, -0.2) is 4.79 Å². The number of nitrogens with zero attached hydrogens (tertiary/aromatic N) is 2. The van der Waals surface area contributed by atoms with Gasteiger partial charge in [0.2, 0.25) is 0 Å². The molecule has 1 heterocycles. The molecule has 1 N–H and O–H groups in total. The molecule has 5 nitrogen and oxygen atoms in total. The molecule has 3 rings (SSSR count). The standard InChI is InChI=1S/C21H26N2O3/c1-26-21(25)20(24)19-16-22(14-17-8-4-2-5-9-17)12-13-23(19)15-18-10-6-3-7-11-18/h2-11,19-20,24H,12-16H2,1H3. The predicted molar refractivity (Wildman–Crippen MR) is 100 cm³/mol. The zero-order chi connectivity index (χ0) is 18.4. The van der Waals surface area contributed by atoms with Crippen molar-refractivity contribution in [3.63, 3.8) is 0 Å². The van der Waals surface area contributed by atoms with E-state index in [4.69, 9.17) is 4.74 Å². The number of benzene rings is 2. The minimum atomic E-state index is -1.15. The fraction of sp³-hybridized carbons (Fsp3) is 0.381. The Morgan fingerprint density at radius 1 is 1.04 bits per heavy atom. The van der Waals surface area contributed by atoms with E-state index >= 15 is 0 Å². The Morgan fingerprint density at radius 2 is 1.62 bits per heavy atom. The average molecular weight is 354 g/mol. The highest BCUT2D eigenvalue weighted by Crippen LogP contribution is 2.19. The molecular formula is C21H26N2O3. The third kappa shape index (κ3) is 4.69. The van der Waals surface area contributed by atoms with Crippen LogP contribution in [0.15, 0.2) is 60.7 Å². The van der Waals surface area contributed by atoms with E-state index in [9.17, 15) is 9.90 Å². The molecule has 0 amide bonds. The molecule has 2 unspecified atom stereocenters. The van der Waals surface area contributed by atoms with Crippen LogP contribution in [-0.2, 0) is 22.6 Å². The molecule has 2 aromatic carbocycles. The lowest BCUT2D eigenvalue weighted by atomic mass is 10.0. The van der Waals surface area contributed by atoms with Gasteiger partial charge >= 0.3 is 5.97 Å². The second kappa shape index (κ2) is 8.94. The van der Waals surface area contributed by atoms with Crippen LogP contribution in [0.5, 0.6) is 0 Å². The molecule has 0 bridgehead atoms. The summed E-state index contributed by atoms with van der Waals surface area (Å²) in [5.41, 5.74) is 2.40. The van der Waals surface area contributed by atoms with Gasteiger partial charge in [-0.3, -0.25) is 9.80 Å². The van der Waals surface area contributed by atoms with Crippen LogP contribution in [0.25, 0.3) is 0 Å². The molecule has 0 saturated carbocycles. The maximum Gasteiger partial charge on any atom is 0.336 e. The average Bonchev–Trinajstić information content (AvgIpc) is 2.69. The van der Waals surface area contributed by atoms with E-state index in [0.29, 0.717) is 13.1 Å². The summed E-state index contributed by atoms with van der Waals surface area (Å²) in [7, 11) is 1.32. The van der Waals surface area contributed by atoms with Gasteiger partial charge in [0.25, 0.3) is 0 Å². The summed E-state index contributed by atoms with van der Waals surface area (Å²) in [6.45, 7) is 3.83. The number of hydrogen-bond donors (Lipinski definition) is 1. The van der Waals surface area contributed by atoms with Gasteiger partial charge in [0.1, 0.15) is 0 Å². The molecule has 5 heteroatoms. The molecule has 138 valence electrons. The quantitative estimate of drug-likeness (QED) is 0.803. The summed E-state index contributed by atoms with van der Waals surface area (Å²) in [6.07, 6.45) is -1.15. The zero-order valence-corrected chi connectivity index (χ0v) is 15.1.